The van der Waals surface area contributed by atoms with Gasteiger partial charge in [-0.3, -0.25) is 4.79 Å². The SMILES string of the molecule is C=CC1CCC2C3CC/C(=C/C=O)C(CCC)=C3C(c3ccc(C(C)C)cc3)CC12C. The van der Waals surface area contributed by atoms with E-state index in [4.69, 9.17) is 0 Å². The molecule has 0 aliphatic heterocycles. The molecule has 0 aromatic heterocycles. The summed E-state index contributed by atoms with van der Waals surface area (Å²) in [6.45, 7) is 13.6. The van der Waals surface area contributed by atoms with Crippen LogP contribution in [-0.4, -0.2) is 6.29 Å². The number of hydrogen-bond acceptors (Lipinski definition) is 1. The average Bonchev–Trinajstić information content (AvgIpc) is 3.11. The van der Waals surface area contributed by atoms with Crippen LogP contribution in [0.1, 0.15) is 95.6 Å². The zero-order chi connectivity index (χ0) is 22.2. The fourth-order valence-electron chi connectivity index (χ4n) is 7.34. The fraction of sp³-hybridized carbons (Fsp3) is 0.567. The van der Waals surface area contributed by atoms with Gasteiger partial charge in [-0.25, -0.2) is 0 Å². The van der Waals surface area contributed by atoms with Crippen molar-refractivity contribution in [3.63, 3.8) is 0 Å². The summed E-state index contributed by atoms with van der Waals surface area (Å²) in [5.74, 6) is 3.05. The molecule has 2 fully saturated rings. The quantitative estimate of drug-likeness (QED) is 0.260. The molecule has 0 heterocycles. The van der Waals surface area contributed by atoms with E-state index in [9.17, 15) is 4.79 Å². The Bertz CT molecular complexity index is 883. The molecule has 0 spiro atoms. The van der Waals surface area contributed by atoms with Crippen molar-refractivity contribution in [1.82, 2.24) is 0 Å². The summed E-state index contributed by atoms with van der Waals surface area (Å²) in [4.78, 5) is 11.4. The van der Waals surface area contributed by atoms with Crippen molar-refractivity contribution in [2.24, 2.45) is 23.2 Å². The van der Waals surface area contributed by atoms with Crippen LogP contribution in [-0.2, 0) is 4.79 Å². The highest BCUT2D eigenvalue weighted by molar-refractivity contribution is 5.69. The second kappa shape index (κ2) is 8.93. The van der Waals surface area contributed by atoms with Gasteiger partial charge in [-0.1, -0.05) is 70.0 Å². The van der Waals surface area contributed by atoms with Gasteiger partial charge in [-0.15, -0.1) is 6.58 Å². The van der Waals surface area contributed by atoms with Crippen molar-refractivity contribution in [2.45, 2.75) is 84.5 Å². The number of carbonyl (C=O) groups excluding carboxylic acids is 1. The average molecular weight is 417 g/mol. The van der Waals surface area contributed by atoms with Crippen LogP contribution < -0.4 is 0 Å². The molecule has 1 heteroatoms. The van der Waals surface area contributed by atoms with Crippen molar-refractivity contribution in [3.8, 4) is 0 Å². The van der Waals surface area contributed by atoms with Crippen molar-refractivity contribution in [1.29, 1.82) is 0 Å². The number of allylic oxidation sites excluding steroid dienone is 5. The van der Waals surface area contributed by atoms with E-state index in [1.165, 1.54) is 48.0 Å². The molecule has 4 rings (SSSR count). The molecule has 0 radical (unpaired) electrons. The summed E-state index contributed by atoms with van der Waals surface area (Å²) in [6.07, 6.45) is 13.4. The molecule has 166 valence electrons. The van der Waals surface area contributed by atoms with Crippen molar-refractivity contribution in [2.75, 3.05) is 0 Å². The Hall–Kier alpha value is -1.89. The van der Waals surface area contributed by atoms with Crippen LogP contribution in [0.2, 0.25) is 0 Å². The lowest BCUT2D eigenvalue weighted by Crippen LogP contribution is -2.42. The highest BCUT2D eigenvalue weighted by Crippen LogP contribution is 2.65. The first-order valence-corrected chi connectivity index (χ1v) is 12.5. The van der Waals surface area contributed by atoms with Crippen LogP contribution in [0.25, 0.3) is 0 Å². The van der Waals surface area contributed by atoms with E-state index in [0.29, 0.717) is 29.1 Å². The Morgan fingerprint density at radius 2 is 1.90 bits per heavy atom. The third kappa shape index (κ3) is 3.79. The van der Waals surface area contributed by atoms with Crippen molar-refractivity contribution >= 4 is 6.29 Å². The zero-order valence-electron chi connectivity index (χ0n) is 20.0. The van der Waals surface area contributed by atoms with Gasteiger partial charge in [0.05, 0.1) is 0 Å². The molecule has 1 aromatic carbocycles. The predicted molar refractivity (Wildman–Crippen MR) is 131 cm³/mol. The van der Waals surface area contributed by atoms with Crippen LogP contribution in [0, 0.1) is 23.2 Å². The number of hydrogen-bond donors (Lipinski definition) is 0. The summed E-state index contributed by atoms with van der Waals surface area (Å²) < 4.78 is 0. The van der Waals surface area contributed by atoms with Gasteiger partial charge in [-0.2, -0.15) is 0 Å². The monoisotopic (exact) mass is 416 g/mol. The van der Waals surface area contributed by atoms with Gasteiger partial charge in [0.2, 0.25) is 0 Å². The normalized spacial score (nSPS) is 34.0. The maximum atomic E-state index is 11.4. The van der Waals surface area contributed by atoms with Crippen LogP contribution in [0.4, 0.5) is 0 Å². The van der Waals surface area contributed by atoms with Crippen molar-refractivity contribution in [3.05, 3.63) is 70.8 Å². The van der Waals surface area contributed by atoms with Crippen LogP contribution >= 0.6 is 0 Å². The van der Waals surface area contributed by atoms with E-state index < -0.39 is 0 Å². The summed E-state index contributed by atoms with van der Waals surface area (Å²) >= 11 is 0. The van der Waals surface area contributed by atoms with E-state index >= 15 is 0 Å². The van der Waals surface area contributed by atoms with E-state index in [-0.39, 0.29) is 0 Å². The number of rotatable bonds is 6. The molecule has 3 aliphatic rings. The van der Waals surface area contributed by atoms with E-state index in [0.717, 1.165) is 31.5 Å². The first-order valence-electron chi connectivity index (χ1n) is 12.5. The van der Waals surface area contributed by atoms with E-state index in [1.807, 2.05) is 6.08 Å². The third-order valence-electron chi connectivity index (χ3n) is 8.91. The molecule has 2 saturated carbocycles. The lowest BCUT2D eigenvalue weighted by molar-refractivity contribution is -0.104. The number of carbonyl (C=O) groups is 1. The highest BCUT2D eigenvalue weighted by Gasteiger charge is 2.55. The maximum absolute atomic E-state index is 11.4. The second-order valence-corrected chi connectivity index (χ2v) is 10.8. The lowest BCUT2D eigenvalue weighted by Gasteiger charge is -2.52. The Morgan fingerprint density at radius 3 is 2.52 bits per heavy atom. The minimum absolute atomic E-state index is 0.334. The number of aldehydes is 1. The topological polar surface area (TPSA) is 17.1 Å². The molecule has 3 aliphatic carbocycles. The lowest BCUT2D eigenvalue weighted by atomic mass is 9.52. The van der Waals surface area contributed by atoms with Crippen LogP contribution in [0.15, 0.2) is 59.7 Å². The molecular formula is C30H40O. The first-order chi connectivity index (χ1) is 14.9. The molecule has 31 heavy (non-hydrogen) atoms. The third-order valence-corrected chi connectivity index (χ3v) is 8.91. The Kier molecular flexibility index (Phi) is 6.42. The minimum atomic E-state index is 0.334. The van der Waals surface area contributed by atoms with Crippen LogP contribution in [0.5, 0.6) is 0 Å². The molecule has 5 atom stereocenters. The molecule has 0 amide bonds. The molecule has 1 nitrogen and oxygen atoms in total. The summed E-state index contributed by atoms with van der Waals surface area (Å²) in [6, 6.07) is 9.47. The van der Waals surface area contributed by atoms with Crippen molar-refractivity contribution < 1.29 is 4.79 Å². The highest BCUT2D eigenvalue weighted by atomic mass is 16.1. The van der Waals surface area contributed by atoms with E-state index in [1.54, 1.807) is 5.57 Å². The largest absolute Gasteiger partial charge is 0.299 e. The predicted octanol–water partition coefficient (Wildman–Crippen LogP) is 8.15. The molecule has 0 saturated heterocycles. The van der Waals surface area contributed by atoms with E-state index in [2.05, 4.69) is 64.6 Å². The van der Waals surface area contributed by atoms with Gasteiger partial charge in [0.1, 0.15) is 6.29 Å². The van der Waals surface area contributed by atoms with Gasteiger partial charge < -0.3 is 0 Å². The molecular weight excluding hydrogens is 376 g/mol. The van der Waals surface area contributed by atoms with Crippen LogP contribution in [0.3, 0.4) is 0 Å². The molecule has 0 bridgehead atoms. The number of benzene rings is 1. The zero-order valence-corrected chi connectivity index (χ0v) is 20.0. The Morgan fingerprint density at radius 1 is 1.16 bits per heavy atom. The standard InChI is InChI=1S/C30H40O/c1-6-8-25-23(17-18-31)13-15-26-28-16-14-24(7-2)30(28,5)19-27(29(25)26)22-11-9-21(10-12-22)20(3)4/h7,9-12,17-18,20,24,26-28H,2,6,8,13-16,19H2,1,3-5H3/b23-17-. The molecule has 5 unspecified atom stereocenters. The van der Waals surface area contributed by atoms with Gasteiger partial charge >= 0.3 is 0 Å². The van der Waals surface area contributed by atoms with Gasteiger partial charge in [0, 0.05) is 5.92 Å². The fourth-order valence-corrected chi connectivity index (χ4v) is 7.34. The molecule has 1 aromatic rings. The minimum Gasteiger partial charge on any atom is -0.299 e. The summed E-state index contributed by atoms with van der Waals surface area (Å²) in [5.41, 5.74) is 7.74. The molecule has 0 N–H and O–H groups in total. The Labute approximate surface area is 189 Å². The maximum Gasteiger partial charge on any atom is 0.143 e. The Balaban J connectivity index is 1.88. The summed E-state index contributed by atoms with van der Waals surface area (Å²) in [5, 5.41) is 0. The van der Waals surface area contributed by atoms with Gasteiger partial charge in [0.15, 0.2) is 0 Å². The van der Waals surface area contributed by atoms with Gasteiger partial charge in [0.25, 0.3) is 0 Å². The first kappa shape index (κ1) is 22.3. The number of fused-ring (bicyclic) bond motifs is 3. The summed E-state index contributed by atoms with van der Waals surface area (Å²) in [7, 11) is 0. The smallest absolute Gasteiger partial charge is 0.143 e. The van der Waals surface area contributed by atoms with Gasteiger partial charge in [-0.05, 0) is 96.0 Å². The second-order valence-electron chi connectivity index (χ2n) is 10.8.